The lowest BCUT2D eigenvalue weighted by Gasteiger charge is -2.52. The maximum absolute atomic E-state index is 2.91. The van der Waals surface area contributed by atoms with Crippen LogP contribution in [0, 0.1) is 5.92 Å². The fourth-order valence-electron chi connectivity index (χ4n) is 6.49. The van der Waals surface area contributed by atoms with Gasteiger partial charge in [0.25, 0.3) is 0 Å². The summed E-state index contributed by atoms with van der Waals surface area (Å²) in [6.45, 7) is 4.77. The molecule has 2 aromatic rings. The summed E-state index contributed by atoms with van der Waals surface area (Å²) in [5.41, 5.74) is 3.49. The van der Waals surface area contributed by atoms with Crippen molar-refractivity contribution in [1.82, 2.24) is 14.7 Å². The van der Waals surface area contributed by atoms with Crippen LogP contribution in [-0.2, 0) is 12.1 Å². The third-order valence-corrected chi connectivity index (χ3v) is 8.69. The smallest absolute Gasteiger partial charge is 0.0516 e. The molecule has 0 atom stereocenters. The van der Waals surface area contributed by atoms with Crippen LogP contribution in [0.1, 0.15) is 56.1 Å². The summed E-state index contributed by atoms with van der Waals surface area (Å²) < 4.78 is 0. The molecule has 3 aliphatic rings. The molecule has 0 aromatic heterocycles. The second-order valence-electron chi connectivity index (χ2n) is 10.6. The Morgan fingerprint density at radius 3 is 2.10 bits per heavy atom. The van der Waals surface area contributed by atoms with Crippen molar-refractivity contribution in [2.45, 2.75) is 62.6 Å². The summed E-state index contributed by atoms with van der Waals surface area (Å²) in [7, 11) is 4.57. The molecule has 31 heavy (non-hydrogen) atoms. The zero-order valence-corrected chi connectivity index (χ0v) is 19.5. The van der Waals surface area contributed by atoms with E-state index >= 15 is 0 Å². The molecule has 3 heteroatoms. The van der Waals surface area contributed by atoms with Crippen molar-refractivity contribution < 1.29 is 0 Å². The quantitative estimate of drug-likeness (QED) is 0.629. The Hall–Kier alpha value is -1.68. The van der Waals surface area contributed by atoms with Crippen molar-refractivity contribution in [2.24, 2.45) is 5.92 Å². The molecule has 3 nitrogen and oxygen atoms in total. The summed E-state index contributed by atoms with van der Waals surface area (Å²) in [6.07, 6.45) is 9.44. The highest BCUT2D eigenvalue weighted by molar-refractivity contribution is 5.27. The first kappa shape index (κ1) is 21.2. The molecule has 1 aliphatic heterocycles. The molecule has 5 rings (SSSR count). The van der Waals surface area contributed by atoms with Crippen LogP contribution in [-0.4, -0.2) is 54.1 Å². The maximum Gasteiger partial charge on any atom is 0.0516 e. The van der Waals surface area contributed by atoms with Gasteiger partial charge in [0.05, 0.1) is 6.67 Å². The van der Waals surface area contributed by atoms with Gasteiger partial charge in [-0.1, -0.05) is 67.1 Å². The largest absolute Gasteiger partial charge is 0.300 e. The summed E-state index contributed by atoms with van der Waals surface area (Å²) in [4.78, 5) is 8.13. The molecule has 2 aromatic carbocycles. The molecule has 0 N–H and O–H groups in total. The van der Waals surface area contributed by atoms with Gasteiger partial charge in [0.1, 0.15) is 0 Å². The van der Waals surface area contributed by atoms with Gasteiger partial charge in [-0.3, -0.25) is 14.7 Å². The van der Waals surface area contributed by atoms with Gasteiger partial charge in [0, 0.05) is 30.7 Å². The molecule has 0 amide bonds. The third kappa shape index (κ3) is 4.08. The fourth-order valence-corrected chi connectivity index (χ4v) is 6.49. The Kier molecular flexibility index (Phi) is 5.94. The Morgan fingerprint density at radius 2 is 1.52 bits per heavy atom. The van der Waals surface area contributed by atoms with Crippen molar-refractivity contribution in [3.8, 4) is 0 Å². The Bertz CT molecular complexity index is 835. The van der Waals surface area contributed by atoms with Crippen molar-refractivity contribution in [2.75, 3.05) is 33.9 Å². The van der Waals surface area contributed by atoms with Crippen molar-refractivity contribution >= 4 is 0 Å². The summed E-state index contributed by atoms with van der Waals surface area (Å²) >= 11 is 0. The average molecular weight is 418 g/mol. The summed E-state index contributed by atoms with van der Waals surface area (Å²) in [5.74, 6) is 0.934. The van der Waals surface area contributed by atoms with Crippen molar-refractivity contribution in [1.29, 1.82) is 0 Å². The third-order valence-electron chi connectivity index (χ3n) is 8.69. The van der Waals surface area contributed by atoms with E-state index in [9.17, 15) is 0 Å². The molecule has 0 radical (unpaired) electrons. The van der Waals surface area contributed by atoms with Gasteiger partial charge in [-0.15, -0.1) is 0 Å². The minimum absolute atomic E-state index is 0.182. The average Bonchev–Trinajstić information content (AvgIpc) is 3.09. The Morgan fingerprint density at radius 1 is 0.871 bits per heavy atom. The molecule has 1 spiro atoms. The van der Waals surface area contributed by atoms with E-state index < -0.39 is 0 Å². The fraction of sp³-hybridized carbons (Fsp3) is 0.571. The van der Waals surface area contributed by atoms with Crippen LogP contribution < -0.4 is 0 Å². The van der Waals surface area contributed by atoms with E-state index in [0.29, 0.717) is 5.54 Å². The second-order valence-corrected chi connectivity index (χ2v) is 10.6. The van der Waals surface area contributed by atoms with Gasteiger partial charge >= 0.3 is 0 Å². The van der Waals surface area contributed by atoms with E-state index in [-0.39, 0.29) is 5.54 Å². The lowest BCUT2D eigenvalue weighted by Crippen LogP contribution is -2.56. The van der Waals surface area contributed by atoms with Gasteiger partial charge in [0.2, 0.25) is 0 Å². The normalized spacial score (nSPS) is 30.2. The highest BCUT2D eigenvalue weighted by Gasteiger charge is 2.51. The Labute approximate surface area is 189 Å². The van der Waals surface area contributed by atoms with Crippen LogP contribution >= 0.6 is 0 Å². The molecule has 3 fully saturated rings. The van der Waals surface area contributed by atoms with E-state index in [2.05, 4.69) is 89.5 Å². The van der Waals surface area contributed by atoms with Crippen LogP contribution in [0.25, 0.3) is 0 Å². The topological polar surface area (TPSA) is 9.72 Å². The minimum Gasteiger partial charge on any atom is -0.300 e. The van der Waals surface area contributed by atoms with Gasteiger partial charge in [-0.2, -0.15) is 0 Å². The molecular formula is C28H39N3. The molecule has 1 saturated heterocycles. The predicted molar refractivity (Wildman–Crippen MR) is 129 cm³/mol. The molecule has 2 saturated carbocycles. The van der Waals surface area contributed by atoms with E-state index in [1.807, 2.05) is 0 Å². The zero-order chi connectivity index (χ0) is 21.3. The first-order chi connectivity index (χ1) is 15.1. The van der Waals surface area contributed by atoms with Gasteiger partial charge in [-0.25, -0.2) is 0 Å². The van der Waals surface area contributed by atoms with E-state index in [1.165, 1.54) is 69.2 Å². The molecule has 166 valence electrons. The first-order valence-corrected chi connectivity index (χ1v) is 12.3. The standard InChI is InChI=1S/C28H39N3/c1-29(2)28(26-14-7-4-8-15-26)18-16-27(17-19-28)22-30(20-24-10-5-3-6-11-24)23-31(27)21-25-12-9-13-25/h3-8,10-11,14-15,25H,9,12-13,16-23H2,1-2H3. The SMILES string of the molecule is CN(C)C1(c2ccccc2)CCC2(CC1)CN(Cc1ccccc1)CN2CC1CCC1. The van der Waals surface area contributed by atoms with E-state index in [1.54, 1.807) is 0 Å². The molecule has 0 unspecified atom stereocenters. The van der Waals surface area contributed by atoms with Crippen LogP contribution in [0.3, 0.4) is 0 Å². The maximum atomic E-state index is 2.91. The first-order valence-electron chi connectivity index (χ1n) is 12.3. The summed E-state index contributed by atoms with van der Waals surface area (Å²) in [5, 5.41) is 0. The summed E-state index contributed by atoms with van der Waals surface area (Å²) in [6, 6.07) is 22.3. The number of hydrogen-bond donors (Lipinski definition) is 0. The number of hydrogen-bond acceptors (Lipinski definition) is 3. The molecular weight excluding hydrogens is 378 g/mol. The van der Waals surface area contributed by atoms with Crippen LogP contribution in [0.5, 0.6) is 0 Å². The van der Waals surface area contributed by atoms with Gasteiger partial charge < -0.3 is 0 Å². The molecule has 1 heterocycles. The van der Waals surface area contributed by atoms with Gasteiger partial charge in [0.15, 0.2) is 0 Å². The monoisotopic (exact) mass is 417 g/mol. The van der Waals surface area contributed by atoms with Crippen LogP contribution in [0.2, 0.25) is 0 Å². The van der Waals surface area contributed by atoms with Crippen molar-refractivity contribution in [3.05, 3.63) is 71.8 Å². The number of rotatable bonds is 6. The lowest BCUT2D eigenvalue weighted by molar-refractivity contribution is 0.00464. The predicted octanol–water partition coefficient (Wildman–Crippen LogP) is 5.33. The highest BCUT2D eigenvalue weighted by Crippen LogP contribution is 2.49. The second kappa shape index (κ2) is 8.69. The minimum atomic E-state index is 0.182. The number of benzene rings is 2. The van der Waals surface area contributed by atoms with Crippen LogP contribution in [0.4, 0.5) is 0 Å². The molecule has 0 bridgehead atoms. The van der Waals surface area contributed by atoms with Gasteiger partial charge in [-0.05, 0) is 69.7 Å². The highest BCUT2D eigenvalue weighted by atomic mass is 15.4. The lowest BCUT2D eigenvalue weighted by atomic mass is 9.68. The zero-order valence-electron chi connectivity index (χ0n) is 19.5. The van der Waals surface area contributed by atoms with E-state index in [4.69, 9.17) is 0 Å². The number of nitrogens with zero attached hydrogens (tertiary/aromatic N) is 3. The van der Waals surface area contributed by atoms with Crippen molar-refractivity contribution in [3.63, 3.8) is 0 Å². The Balaban J connectivity index is 1.36. The molecule has 2 aliphatic carbocycles. The van der Waals surface area contributed by atoms with Crippen LogP contribution in [0.15, 0.2) is 60.7 Å². The van der Waals surface area contributed by atoms with E-state index in [0.717, 1.165) is 19.1 Å².